The summed E-state index contributed by atoms with van der Waals surface area (Å²) in [4.78, 5) is 14.0. The number of benzene rings is 2. The lowest BCUT2D eigenvalue weighted by Gasteiger charge is -2.13. The second-order valence-corrected chi connectivity index (χ2v) is 9.31. The van der Waals surface area contributed by atoms with Gasteiger partial charge < -0.3 is 14.8 Å². The molecule has 0 aliphatic heterocycles. The first-order valence-corrected chi connectivity index (χ1v) is 12.5. The van der Waals surface area contributed by atoms with E-state index in [1.54, 1.807) is 30.3 Å². The number of anilines is 1. The highest BCUT2D eigenvalue weighted by Crippen LogP contribution is 2.38. The van der Waals surface area contributed by atoms with E-state index in [-0.39, 0.29) is 18.0 Å². The number of nitriles is 2. The number of rotatable bonds is 8. The Hall–Kier alpha value is -4.14. The summed E-state index contributed by atoms with van der Waals surface area (Å²) in [5, 5.41) is 22.5. The van der Waals surface area contributed by atoms with E-state index in [0.29, 0.717) is 34.2 Å². The number of fused-ring (bicyclic) bond motifs is 1. The Morgan fingerprint density at radius 3 is 2.61 bits per heavy atom. The molecule has 6 nitrogen and oxygen atoms in total. The highest BCUT2D eigenvalue weighted by Gasteiger charge is 2.22. The molecule has 4 rings (SSSR count). The average Bonchev–Trinajstić information content (AvgIpc) is 3.24. The number of nitrogens with one attached hydrogen (secondary N) is 1. The molecule has 1 amide bonds. The van der Waals surface area contributed by atoms with Gasteiger partial charge in [-0.1, -0.05) is 18.2 Å². The van der Waals surface area contributed by atoms with Gasteiger partial charge in [-0.2, -0.15) is 10.5 Å². The minimum Gasteiger partial charge on any atom is -0.490 e. The zero-order valence-electron chi connectivity index (χ0n) is 19.8. The fourth-order valence-electron chi connectivity index (χ4n) is 4.00. The summed E-state index contributed by atoms with van der Waals surface area (Å²) in [6, 6.07) is 15.3. The van der Waals surface area contributed by atoms with Crippen LogP contribution < -0.4 is 14.8 Å². The number of aryl methyl sites for hydroxylation is 1. The molecule has 182 valence electrons. The van der Waals surface area contributed by atoms with Crippen LogP contribution in [0.25, 0.3) is 6.08 Å². The lowest BCUT2D eigenvalue weighted by Crippen LogP contribution is -2.13. The summed E-state index contributed by atoms with van der Waals surface area (Å²) >= 11 is 1.42. The molecule has 0 atom stereocenters. The third-order valence-electron chi connectivity index (χ3n) is 5.76. The van der Waals surface area contributed by atoms with E-state index in [1.165, 1.54) is 29.5 Å². The molecule has 1 heterocycles. The lowest BCUT2D eigenvalue weighted by molar-refractivity contribution is -0.112. The zero-order valence-corrected chi connectivity index (χ0v) is 20.6. The molecule has 0 fully saturated rings. The molecule has 0 radical (unpaired) electrons. The molecule has 1 aliphatic rings. The van der Waals surface area contributed by atoms with E-state index in [1.807, 2.05) is 13.0 Å². The van der Waals surface area contributed by atoms with Crippen LogP contribution in [0.5, 0.6) is 11.5 Å². The fraction of sp³-hybridized carbons (Fsp3) is 0.250. The predicted octanol–water partition coefficient (Wildman–Crippen LogP) is 6.16. The minimum absolute atomic E-state index is 0.0901. The van der Waals surface area contributed by atoms with Crippen molar-refractivity contribution < 1.29 is 18.7 Å². The van der Waals surface area contributed by atoms with Crippen LogP contribution >= 0.6 is 11.3 Å². The molecule has 1 aromatic heterocycles. The van der Waals surface area contributed by atoms with Crippen molar-refractivity contribution in [3.8, 4) is 23.6 Å². The maximum absolute atomic E-state index is 13.1. The van der Waals surface area contributed by atoms with Crippen LogP contribution in [0.3, 0.4) is 0 Å². The predicted molar refractivity (Wildman–Crippen MR) is 136 cm³/mol. The van der Waals surface area contributed by atoms with Gasteiger partial charge in [-0.3, -0.25) is 4.79 Å². The van der Waals surface area contributed by atoms with Gasteiger partial charge in [0.05, 0.1) is 12.2 Å². The fourth-order valence-corrected chi connectivity index (χ4v) is 5.24. The molecule has 2 aromatic carbocycles. The van der Waals surface area contributed by atoms with Gasteiger partial charge >= 0.3 is 0 Å². The molecule has 3 aromatic rings. The molecular formula is C28H24FN3O3S. The first-order valence-electron chi connectivity index (χ1n) is 11.6. The van der Waals surface area contributed by atoms with Crippen molar-refractivity contribution in [3.63, 3.8) is 0 Å². The number of ether oxygens (including phenoxy) is 2. The van der Waals surface area contributed by atoms with Crippen molar-refractivity contribution in [2.24, 2.45) is 0 Å². The monoisotopic (exact) mass is 501 g/mol. The lowest BCUT2D eigenvalue weighted by atomic mass is 9.96. The molecule has 0 bridgehead atoms. The Kier molecular flexibility index (Phi) is 7.99. The summed E-state index contributed by atoms with van der Waals surface area (Å²) in [7, 11) is 0. The van der Waals surface area contributed by atoms with E-state index >= 15 is 0 Å². The SMILES string of the molecule is CCOc1cc(/C=C(\C#N)C(=O)Nc2sc3c(c2C#N)CCCC3)ccc1OCc1ccc(F)cc1. The summed E-state index contributed by atoms with van der Waals surface area (Å²) < 4.78 is 24.7. The van der Waals surface area contributed by atoms with Gasteiger partial charge in [0.1, 0.15) is 35.1 Å². The maximum Gasteiger partial charge on any atom is 0.266 e. The highest BCUT2D eigenvalue weighted by atomic mass is 32.1. The van der Waals surface area contributed by atoms with Crippen LogP contribution in [0.15, 0.2) is 48.0 Å². The van der Waals surface area contributed by atoms with Crippen LogP contribution in [0.2, 0.25) is 0 Å². The molecule has 0 spiro atoms. The van der Waals surface area contributed by atoms with Gasteiger partial charge in [0, 0.05) is 4.88 Å². The summed E-state index contributed by atoms with van der Waals surface area (Å²) in [6.45, 7) is 2.47. The third-order valence-corrected chi connectivity index (χ3v) is 6.97. The van der Waals surface area contributed by atoms with Crippen LogP contribution in [-0.2, 0) is 24.2 Å². The highest BCUT2D eigenvalue weighted by molar-refractivity contribution is 7.16. The van der Waals surface area contributed by atoms with Gasteiger partial charge in [0.2, 0.25) is 0 Å². The number of carbonyl (C=O) groups excluding carboxylic acids is 1. The van der Waals surface area contributed by atoms with Gasteiger partial charge in [0.25, 0.3) is 5.91 Å². The number of amides is 1. The van der Waals surface area contributed by atoms with E-state index in [2.05, 4.69) is 11.4 Å². The molecule has 1 N–H and O–H groups in total. The van der Waals surface area contributed by atoms with Crippen LogP contribution in [0.4, 0.5) is 9.39 Å². The molecule has 0 saturated carbocycles. The zero-order chi connectivity index (χ0) is 25.5. The van der Waals surface area contributed by atoms with E-state index in [4.69, 9.17) is 9.47 Å². The number of halogens is 1. The summed E-state index contributed by atoms with van der Waals surface area (Å²) in [5.41, 5.74) is 2.82. The van der Waals surface area contributed by atoms with Gasteiger partial charge in [-0.15, -0.1) is 11.3 Å². The normalized spacial score (nSPS) is 12.7. The Labute approximate surface area is 213 Å². The largest absolute Gasteiger partial charge is 0.490 e. The molecular weight excluding hydrogens is 477 g/mol. The Balaban J connectivity index is 1.52. The van der Waals surface area contributed by atoms with Crippen molar-refractivity contribution in [1.82, 2.24) is 0 Å². The molecule has 1 aliphatic carbocycles. The van der Waals surface area contributed by atoms with Crippen molar-refractivity contribution >= 4 is 28.3 Å². The van der Waals surface area contributed by atoms with Crippen LogP contribution in [0, 0.1) is 28.5 Å². The Morgan fingerprint density at radius 2 is 1.89 bits per heavy atom. The minimum atomic E-state index is -0.567. The van der Waals surface area contributed by atoms with Gasteiger partial charge in [-0.25, -0.2) is 4.39 Å². The second kappa shape index (κ2) is 11.5. The van der Waals surface area contributed by atoms with E-state index in [9.17, 15) is 19.7 Å². The topological polar surface area (TPSA) is 95.1 Å². The van der Waals surface area contributed by atoms with Gasteiger partial charge in [-0.05, 0) is 79.6 Å². The summed E-state index contributed by atoms with van der Waals surface area (Å²) in [6.07, 6.45) is 5.31. The van der Waals surface area contributed by atoms with E-state index < -0.39 is 5.91 Å². The van der Waals surface area contributed by atoms with Crippen molar-refractivity contribution in [2.75, 3.05) is 11.9 Å². The smallest absolute Gasteiger partial charge is 0.266 e. The number of nitrogens with zero attached hydrogens (tertiary/aromatic N) is 2. The molecule has 0 saturated heterocycles. The Bertz CT molecular complexity index is 1380. The summed E-state index contributed by atoms with van der Waals surface area (Å²) in [5.74, 6) is 0.0693. The third kappa shape index (κ3) is 5.73. The standard InChI is InChI=1S/C28H24FN3O3S/c1-2-34-25-14-19(9-12-24(25)35-17-18-7-10-21(29)11-8-18)13-20(15-30)27(33)32-28-23(16-31)22-5-3-4-6-26(22)36-28/h7-14H,2-6,17H2,1H3,(H,32,33)/b20-13+. The number of hydrogen-bond donors (Lipinski definition) is 1. The maximum atomic E-state index is 13.1. The molecule has 8 heteroatoms. The van der Waals surface area contributed by atoms with Crippen molar-refractivity contribution in [1.29, 1.82) is 10.5 Å². The Morgan fingerprint density at radius 1 is 1.11 bits per heavy atom. The number of hydrogen-bond acceptors (Lipinski definition) is 6. The molecule has 36 heavy (non-hydrogen) atoms. The van der Waals surface area contributed by atoms with Gasteiger partial charge in [0.15, 0.2) is 11.5 Å². The van der Waals surface area contributed by atoms with E-state index in [0.717, 1.165) is 41.7 Å². The van der Waals surface area contributed by atoms with Crippen molar-refractivity contribution in [3.05, 3.63) is 81.0 Å². The first kappa shape index (κ1) is 25.0. The molecule has 0 unspecified atom stereocenters. The first-order chi connectivity index (χ1) is 17.5. The number of thiophene rings is 1. The van der Waals surface area contributed by atoms with Crippen molar-refractivity contribution in [2.45, 2.75) is 39.2 Å². The number of carbonyl (C=O) groups is 1. The second-order valence-electron chi connectivity index (χ2n) is 8.21. The quantitative estimate of drug-likeness (QED) is 0.295. The van der Waals surface area contributed by atoms with Crippen LogP contribution in [0.1, 0.15) is 46.9 Å². The van der Waals surface area contributed by atoms with Crippen LogP contribution in [-0.4, -0.2) is 12.5 Å². The average molecular weight is 502 g/mol.